The van der Waals surface area contributed by atoms with Crippen LogP contribution in [0.4, 0.5) is 0 Å². The molecule has 3 atom stereocenters. The molecule has 0 radical (unpaired) electrons. The zero-order valence-corrected chi connectivity index (χ0v) is 7.99. The van der Waals surface area contributed by atoms with Gasteiger partial charge in [-0.25, -0.2) is 0 Å². The van der Waals surface area contributed by atoms with E-state index in [9.17, 15) is 0 Å². The standard InChI is InChI=1S/C9H17NS/c1-2-8-6-7-4-3-5-10-9(7)11-8/h7-10H,2-6H2,1H3. The number of rotatable bonds is 1. The second-order valence-corrected chi connectivity index (χ2v) is 5.13. The fourth-order valence-electron chi connectivity index (χ4n) is 2.19. The molecule has 0 spiro atoms. The first kappa shape index (κ1) is 7.93. The van der Waals surface area contributed by atoms with Gasteiger partial charge in [-0.15, -0.1) is 11.8 Å². The van der Waals surface area contributed by atoms with Crippen molar-refractivity contribution >= 4 is 11.8 Å². The lowest BCUT2D eigenvalue weighted by Crippen LogP contribution is -2.35. The van der Waals surface area contributed by atoms with Gasteiger partial charge in [0.1, 0.15) is 0 Å². The molecule has 2 rings (SSSR count). The highest BCUT2D eigenvalue weighted by Gasteiger charge is 2.34. The van der Waals surface area contributed by atoms with Crippen LogP contribution in [-0.4, -0.2) is 17.2 Å². The third-order valence-corrected chi connectivity index (χ3v) is 4.64. The SMILES string of the molecule is CCC1CC2CCCNC2S1. The molecule has 1 nitrogen and oxygen atoms in total. The van der Waals surface area contributed by atoms with E-state index in [4.69, 9.17) is 0 Å². The molecule has 64 valence electrons. The highest BCUT2D eigenvalue weighted by Crippen LogP contribution is 2.42. The Labute approximate surface area is 73.3 Å². The number of piperidine rings is 1. The minimum absolute atomic E-state index is 0.814. The van der Waals surface area contributed by atoms with Crippen LogP contribution in [0.15, 0.2) is 0 Å². The minimum Gasteiger partial charge on any atom is -0.305 e. The van der Waals surface area contributed by atoms with Gasteiger partial charge in [0.2, 0.25) is 0 Å². The smallest absolute Gasteiger partial charge is 0.0563 e. The fourth-order valence-corrected chi connectivity index (χ4v) is 3.84. The summed E-state index contributed by atoms with van der Waals surface area (Å²) in [5, 5.41) is 5.38. The summed E-state index contributed by atoms with van der Waals surface area (Å²) in [5.74, 6) is 0.999. The van der Waals surface area contributed by atoms with E-state index >= 15 is 0 Å². The lowest BCUT2D eigenvalue weighted by molar-refractivity contribution is 0.350. The first-order chi connectivity index (χ1) is 5.40. The van der Waals surface area contributed by atoms with Gasteiger partial charge in [0.15, 0.2) is 0 Å². The van der Waals surface area contributed by atoms with Gasteiger partial charge in [-0.05, 0) is 38.1 Å². The molecular formula is C9H17NS. The summed E-state index contributed by atoms with van der Waals surface area (Å²) in [4.78, 5) is 0. The van der Waals surface area contributed by atoms with E-state index in [0.717, 1.165) is 16.5 Å². The van der Waals surface area contributed by atoms with E-state index in [-0.39, 0.29) is 0 Å². The van der Waals surface area contributed by atoms with Gasteiger partial charge in [0.25, 0.3) is 0 Å². The van der Waals surface area contributed by atoms with Crippen molar-refractivity contribution in [1.82, 2.24) is 5.32 Å². The topological polar surface area (TPSA) is 12.0 Å². The molecule has 0 amide bonds. The van der Waals surface area contributed by atoms with Crippen LogP contribution in [0.5, 0.6) is 0 Å². The molecule has 0 aliphatic carbocycles. The normalized spacial score (nSPS) is 43.9. The Bertz CT molecular complexity index is 124. The van der Waals surface area contributed by atoms with Crippen LogP contribution in [0.1, 0.15) is 32.6 Å². The monoisotopic (exact) mass is 171 g/mol. The van der Waals surface area contributed by atoms with Gasteiger partial charge in [-0.2, -0.15) is 0 Å². The van der Waals surface area contributed by atoms with Crippen molar-refractivity contribution in [1.29, 1.82) is 0 Å². The molecule has 2 saturated heterocycles. The quantitative estimate of drug-likeness (QED) is 0.649. The molecule has 2 aliphatic rings. The molecule has 0 aromatic carbocycles. The predicted octanol–water partition coefficient (Wildman–Crippen LogP) is 2.23. The molecule has 2 heteroatoms. The highest BCUT2D eigenvalue weighted by molar-refractivity contribution is 8.00. The maximum atomic E-state index is 3.61. The summed E-state index contributed by atoms with van der Waals surface area (Å²) in [7, 11) is 0. The van der Waals surface area contributed by atoms with Gasteiger partial charge >= 0.3 is 0 Å². The molecule has 0 aromatic heterocycles. The van der Waals surface area contributed by atoms with Crippen LogP contribution in [0.2, 0.25) is 0 Å². The second kappa shape index (κ2) is 3.36. The maximum Gasteiger partial charge on any atom is 0.0563 e. The van der Waals surface area contributed by atoms with Crippen molar-refractivity contribution in [3.8, 4) is 0 Å². The summed E-state index contributed by atoms with van der Waals surface area (Å²) in [5.41, 5.74) is 0. The van der Waals surface area contributed by atoms with Crippen LogP contribution >= 0.6 is 11.8 Å². The highest BCUT2D eigenvalue weighted by atomic mass is 32.2. The average Bonchev–Trinajstić information content (AvgIpc) is 2.46. The van der Waals surface area contributed by atoms with Crippen LogP contribution in [0, 0.1) is 5.92 Å². The minimum atomic E-state index is 0.814. The van der Waals surface area contributed by atoms with Gasteiger partial charge in [-0.1, -0.05) is 6.92 Å². The molecule has 11 heavy (non-hydrogen) atoms. The Balaban J connectivity index is 1.92. The predicted molar refractivity (Wildman–Crippen MR) is 50.8 cm³/mol. The summed E-state index contributed by atoms with van der Waals surface area (Å²) < 4.78 is 0. The van der Waals surface area contributed by atoms with Crippen molar-refractivity contribution < 1.29 is 0 Å². The van der Waals surface area contributed by atoms with E-state index < -0.39 is 0 Å². The number of hydrogen-bond donors (Lipinski definition) is 1. The maximum absolute atomic E-state index is 3.61. The van der Waals surface area contributed by atoms with Gasteiger partial charge < -0.3 is 5.32 Å². The third kappa shape index (κ3) is 1.57. The van der Waals surface area contributed by atoms with Crippen LogP contribution in [0.25, 0.3) is 0 Å². The summed E-state index contributed by atoms with van der Waals surface area (Å²) >= 11 is 2.18. The van der Waals surface area contributed by atoms with Crippen molar-refractivity contribution in [3.05, 3.63) is 0 Å². The zero-order valence-electron chi connectivity index (χ0n) is 7.18. The molecule has 0 saturated carbocycles. The number of thioether (sulfide) groups is 1. The molecule has 2 aliphatic heterocycles. The van der Waals surface area contributed by atoms with E-state index in [0.29, 0.717) is 0 Å². The van der Waals surface area contributed by atoms with Crippen LogP contribution < -0.4 is 5.32 Å². The third-order valence-electron chi connectivity index (χ3n) is 2.89. The van der Waals surface area contributed by atoms with E-state index in [1.54, 1.807) is 0 Å². The lowest BCUT2D eigenvalue weighted by Gasteiger charge is -2.25. The molecule has 2 heterocycles. The molecule has 1 N–H and O–H groups in total. The Morgan fingerprint density at radius 3 is 3.18 bits per heavy atom. The van der Waals surface area contributed by atoms with E-state index in [1.807, 2.05) is 0 Å². The Kier molecular flexibility index (Phi) is 2.42. The second-order valence-electron chi connectivity index (χ2n) is 3.68. The van der Waals surface area contributed by atoms with Gasteiger partial charge in [0, 0.05) is 5.25 Å². The van der Waals surface area contributed by atoms with Gasteiger partial charge in [-0.3, -0.25) is 0 Å². The Morgan fingerprint density at radius 2 is 2.45 bits per heavy atom. The van der Waals surface area contributed by atoms with Crippen LogP contribution in [-0.2, 0) is 0 Å². The molecule has 3 unspecified atom stereocenters. The zero-order chi connectivity index (χ0) is 7.68. The number of nitrogens with one attached hydrogen (secondary N) is 1. The summed E-state index contributed by atoms with van der Waals surface area (Å²) in [6, 6.07) is 0. The first-order valence-electron chi connectivity index (χ1n) is 4.79. The average molecular weight is 171 g/mol. The summed E-state index contributed by atoms with van der Waals surface area (Å²) in [6.07, 6.45) is 5.71. The van der Waals surface area contributed by atoms with Crippen molar-refractivity contribution in [2.75, 3.05) is 6.54 Å². The largest absolute Gasteiger partial charge is 0.305 e. The molecular weight excluding hydrogens is 154 g/mol. The van der Waals surface area contributed by atoms with Crippen molar-refractivity contribution in [3.63, 3.8) is 0 Å². The Morgan fingerprint density at radius 1 is 1.55 bits per heavy atom. The number of fused-ring (bicyclic) bond motifs is 1. The van der Waals surface area contributed by atoms with E-state index in [2.05, 4.69) is 24.0 Å². The lowest BCUT2D eigenvalue weighted by atomic mass is 9.94. The fraction of sp³-hybridized carbons (Fsp3) is 1.00. The molecule has 0 aromatic rings. The Hall–Kier alpha value is 0.310. The molecule has 2 fully saturated rings. The van der Waals surface area contributed by atoms with Gasteiger partial charge in [0.05, 0.1) is 5.37 Å². The van der Waals surface area contributed by atoms with Crippen molar-refractivity contribution in [2.45, 2.75) is 43.2 Å². The summed E-state index contributed by atoms with van der Waals surface area (Å²) in [6.45, 7) is 3.57. The van der Waals surface area contributed by atoms with Crippen LogP contribution in [0.3, 0.4) is 0 Å². The van der Waals surface area contributed by atoms with E-state index in [1.165, 1.54) is 32.2 Å². The first-order valence-corrected chi connectivity index (χ1v) is 5.73. The number of hydrogen-bond acceptors (Lipinski definition) is 2. The molecule has 0 bridgehead atoms. The van der Waals surface area contributed by atoms with Crippen molar-refractivity contribution in [2.24, 2.45) is 5.92 Å².